The fourth-order valence-corrected chi connectivity index (χ4v) is 4.21. The van der Waals surface area contributed by atoms with Crippen molar-refractivity contribution in [2.24, 2.45) is 10.9 Å². The Bertz CT molecular complexity index is 684. The predicted octanol–water partition coefficient (Wildman–Crippen LogP) is 3.13. The van der Waals surface area contributed by atoms with E-state index in [4.69, 9.17) is 9.41 Å². The molecule has 1 aromatic rings. The fraction of sp³-hybridized carbons (Fsp3) is 0.727. The Morgan fingerprint density at radius 1 is 1.23 bits per heavy atom. The number of hydrogen-bond acceptors (Lipinski definition) is 4. The molecule has 3 rings (SSSR count). The first kappa shape index (κ1) is 25.0. The van der Waals surface area contributed by atoms with Crippen LogP contribution in [0, 0.1) is 5.92 Å². The molecule has 2 aliphatic heterocycles. The highest BCUT2D eigenvalue weighted by atomic mass is 127. The van der Waals surface area contributed by atoms with E-state index in [0.29, 0.717) is 18.8 Å². The van der Waals surface area contributed by atoms with Gasteiger partial charge in [-0.2, -0.15) is 0 Å². The summed E-state index contributed by atoms with van der Waals surface area (Å²) in [5, 5.41) is 3.44. The van der Waals surface area contributed by atoms with Crippen molar-refractivity contribution in [1.29, 1.82) is 0 Å². The molecule has 1 aromatic heterocycles. The number of nitrogens with zero attached hydrogens (tertiary/aromatic N) is 4. The average molecular weight is 531 g/mol. The third kappa shape index (κ3) is 6.35. The first-order valence-electron chi connectivity index (χ1n) is 11.0. The zero-order chi connectivity index (χ0) is 20.9. The molecular formula is C22H38IN5O2. The number of aliphatic imine (C=N–C) groups is 1. The lowest BCUT2D eigenvalue weighted by molar-refractivity contribution is 0.0655. The van der Waals surface area contributed by atoms with Gasteiger partial charge in [0.25, 0.3) is 5.91 Å². The van der Waals surface area contributed by atoms with E-state index in [0.717, 1.165) is 51.1 Å². The molecule has 0 radical (unpaired) electrons. The normalized spacial score (nSPS) is 21.3. The van der Waals surface area contributed by atoms with Crippen molar-refractivity contribution >= 4 is 35.8 Å². The number of carbonyl (C=O) groups excluding carboxylic acids is 1. The van der Waals surface area contributed by atoms with Gasteiger partial charge in [0, 0.05) is 44.8 Å². The van der Waals surface area contributed by atoms with Crippen molar-refractivity contribution in [3.63, 3.8) is 0 Å². The van der Waals surface area contributed by atoms with Crippen LogP contribution in [0.1, 0.15) is 51.1 Å². The Hall–Kier alpha value is -1.29. The largest absolute Gasteiger partial charge is 0.459 e. The fourth-order valence-electron chi connectivity index (χ4n) is 4.21. The lowest BCUT2D eigenvalue weighted by atomic mass is 9.94. The van der Waals surface area contributed by atoms with Crippen molar-refractivity contribution in [3.05, 3.63) is 24.2 Å². The van der Waals surface area contributed by atoms with Gasteiger partial charge in [-0.1, -0.05) is 6.92 Å². The van der Waals surface area contributed by atoms with Gasteiger partial charge in [0.2, 0.25) is 0 Å². The predicted molar refractivity (Wildman–Crippen MR) is 132 cm³/mol. The number of nitrogens with one attached hydrogen (secondary N) is 1. The molecule has 8 heteroatoms. The van der Waals surface area contributed by atoms with E-state index in [1.165, 1.54) is 12.8 Å². The van der Waals surface area contributed by atoms with Crippen LogP contribution in [-0.2, 0) is 0 Å². The van der Waals surface area contributed by atoms with Crippen molar-refractivity contribution in [1.82, 2.24) is 20.0 Å². The molecule has 1 unspecified atom stereocenters. The SMILES string of the molecule is CCNC(=NCC(C)(C)N1CCCC(C)C1)N1CCN(C(=O)c2ccco2)CC1.I. The summed E-state index contributed by atoms with van der Waals surface area (Å²) in [7, 11) is 0. The Balaban J connectivity index is 0.00000320. The number of likely N-dealkylation sites (tertiary alicyclic amines) is 1. The molecule has 2 fully saturated rings. The van der Waals surface area contributed by atoms with Crippen molar-refractivity contribution in [2.45, 2.75) is 46.1 Å². The Labute approximate surface area is 198 Å². The highest BCUT2D eigenvalue weighted by Crippen LogP contribution is 2.24. The molecule has 30 heavy (non-hydrogen) atoms. The molecule has 7 nitrogen and oxygen atoms in total. The first-order chi connectivity index (χ1) is 13.9. The summed E-state index contributed by atoms with van der Waals surface area (Å²) in [5.74, 6) is 2.10. The first-order valence-corrected chi connectivity index (χ1v) is 11.0. The maximum absolute atomic E-state index is 12.5. The average Bonchev–Trinajstić information content (AvgIpc) is 3.26. The molecule has 1 amide bonds. The molecule has 0 aromatic carbocycles. The van der Waals surface area contributed by atoms with Gasteiger partial charge in [0.05, 0.1) is 12.8 Å². The van der Waals surface area contributed by atoms with Crippen LogP contribution < -0.4 is 5.32 Å². The summed E-state index contributed by atoms with van der Waals surface area (Å²) >= 11 is 0. The highest BCUT2D eigenvalue weighted by Gasteiger charge is 2.31. The van der Waals surface area contributed by atoms with Gasteiger partial charge in [-0.05, 0) is 58.2 Å². The van der Waals surface area contributed by atoms with E-state index in [2.05, 4.69) is 42.8 Å². The van der Waals surface area contributed by atoms with E-state index in [1.807, 2.05) is 4.90 Å². The maximum atomic E-state index is 12.5. The number of piperazine rings is 1. The Morgan fingerprint density at radius 2 is 1.93 bits per heavy atom. The third-order valence-electron chi connectivity index (χ3n) is 6.06. The molecule has 1 atom stereocenters. The smallest absolute Gasteiger partial charge is 0.289 e. The van der Waals surface area contributed by atoms with Gasteiger partial charge < -0.3 is 19.5 Å². The second-order valence-electron chi connectivity index (χ2n) is 8.93. The van der Waals surface area contributed by atoms with Crippen molar-refractivity contribution in [2.75, 3.05) is 52.4 Å². The zero-order valence-corrected chi connectivity index (χ0v) is 21.2. The standard InChI is InChI=1S/C22H37N5O2.HI/c1-5-23-21(24-17-22(3,4)27-10-6-8-18(2)16-27)26-13-11-25(12-14-26)20(28)19-9-7-15-29-19;/h7,9,15,18H,5-6,8,10-14,16-17H2,1-4H3,(H,23,24);1H. The van der Waals surface area contributed by atoms with Gasteiger partial charge in [0.15, 0.2) is 11.7 Å². The molecule has 2 saturated heterocycles. The van der Waals surface area contributed by atoms with Crippen molar-refractivity contribution < 1.29 is 9.21 Å². The number of guanidine groups is 1. The van der Waals surface area contributed by atoms with E-state index in [-0.39, 0.29) is 35.4 Å². The van der Waals surface area contributed by atoms with E-state index >= 15 is 0 Å². The van der Waals surface area contributed by atoms with Crippen LogP contribution in [0.4, 0.5) is 0 Å². The highest BCUT2D eigenvalue weighted by molar-refractivity contribution is 14.0. The summed E-state index contributed by atoms with van der Waals surface area (Å²) in [5.41, 5.74) is 0.0480. The summed E-state index contributed by atoms with van der Waals surface area (Å²) in [6.07, 6.45) is 4.16. The Kier molecular flexibility index (Phi) is 9.46. The van der Waals surface area contributed by atoms with Crippen LogP contribution in [0.15, 0.2) is 27.8 Å². The molecule has 2 aliphatic rings. The lowest BCUT2D eigenvalue weighted by Gasteiger charge is -2.42. The zero-order valence-electron chi connectivity index (χ0n) is 18.9. The number of piperidine rings is 1. The van der Waals surface area contributed by atoms with Crippen LogP contribution in [0.25, 0.3) is 0 Å². The van der Waals surface area contributed by atoms with Gasteiger partial charge in [-0.25, -0.2) is 0 Å². The van der Waals surface area contributed by atoms with E-state index in [1.54, 1.807) is 18.4 Å². The second kappa shape index (κ2) is 11.4. The van der Waals surface area contributed by atoms with Crippen molar-refractivity contribution in [3.8, 4) is 0 Å². The molecule has 1 N–H and O–H groups in total. The van der Waals surface area contributed by atoms with Crippen LogP contribution >= 0.6 is 24.0 Å². The monoisotopic (exact) mass is 531 g/mol. The number of carbonyl (C=O) groups is 1. The minimum Gasteiger partial charge on any atom is -0.459 e. The molecule has 170 valence electrons. The third-order valence-corrected chi connectivity index (χ3v) is 6.06. The number of halogens is 1. The van der Waals surface area contributed by atoms with Gasteiger partial charge in [0.1, 0.15) is 0 Å². The number of hydrogen-bond donors (Lipinski definition) is 1. The molecule has 0 saturated carbocycles. The van der Waals surface area contributed by atoms with Gasteiger partial charge in [-0.15, -0.1) is 24.0 Å². The summed E-state index contributed by atoms with van der Waals surface area (Å²) < 4.78 is 5.26. The number of furan rings is 1. The minimum atomic E-state index is -0.0306. The number of amides is 1. The topological polar surface area (TPSA) is 64.3 Å². The minimum absolute atomic E-state index is 0. The molecule has 0 aliphatic carbocycles. The van der Waals surface area contributed by atoms with Gasteiger partial charge >= 0.3 is 0 Å². The van der Waals surface area contributed by atoms with E-state index < -0.39 is 0 Å². The van der Waals surface area contributed by atoms with E-state index in [9.17, 15) is 4.79 Å². The molecule has 3 heterocycles. The lowest BCUT2D eigenvalue weighted by Crippen LogP contribution is -2.55. The quantitative estimate of drug-likeness (QED) is 0.360. The van der Waals surface area contributed by atoms with Crippen LogP contribution in [0.5, 0.6) is 0 Å². The summed E-state index contributed by atoms with van der Waals surface area (Å²) in [4.78, 5) is 24.2. The molecular weight excluding hydrogens is 493 g/mol. The van der Waals surface area contributed by atoms with Crippen LogP contribution in [0.3, 0.4) is 0 Å². The summed E-state index contributed by atoms with van der Waals surface area (Å²) in [6, 6.07) is 3.48. The molecule has 0 bridgehead atoms. The summed E-state index contributed by atoms with van der Waals surface area (Å²) in [6.45, 7) is 15.9. The maximum Gasteiger partial charge on any atom is 0.289 e. The molecule has 0 spiro atoms. The second-order valence-corrected chi connectivity index (χ2v) is 8.93. The van der Waals surface area contributed by atoms with Crippen LogP contribution in [-0.4, -0.2) is 84.5 Å². The number of rotatable bonds is 5. The Morgan fingerprint density at radius 3 is 2.53 bits per heavy atom. The van der Waals surface area contributed by atoms with Gasteiger partial charge in [-0.3, -0.25) is 14.7 Å². The van der Waals surface area contributed by atoms with Crippen LogP contribution in [0.2, 0.25) is 0 Å².